The van der Waals surface area contributed by atoms with Gasteiger partial charge in [0.15, 0.2) is 0 Å². The third kappa shape index (κ3) is 2.35. The summed E-state index contributed by atoms with van der Waals surface area (Å²) in [6, 6.07) is 5.76. The van der Waals surface area contributed by atoms with Gasteiger partial charge >= 0.3 is 0 Å². The number of rotatable bonds is 1. The van der Waals surface area contributed by atoms with Gasteiger partial charge in [-0.1, -0.05) is 26.8 Å². The van der Waals surface area contributed by atoms with E-state index in [9.17, 15) is 4.21 Å². The molecule has 0 amide bonds. The highest BCUT2D eigenvalue weighted by Crippen LogP contribution is 2.26. The molecule has 0 aliphatic heterocycles. The van der Waals surface area contributed by atoms with Crippen LogP contribution in [0.15, 0.2) is 23.1 Å². The first-order chi connectivity index (χ1) is 6.32. The van der Waals surface area contributed by atoms with Gasteiger partial charge in [0.2, 0.25) is 0 Å². The number of nitrogens with two attached hydrogens (primary N) is 1. The molecule has 78 valence electrons. The Bertz CT molecular complexity index is 366. The molecule has 0 bridgehead atoms. The van der Waals surface area contributed by atoms with Crippen molar-refractivity contribution in [2.75, 3.05) is 12.0 Å². The molecule has 0 radical (unpaired) electrons. The first-order valence-corrected chi connectivity index (χ1v) is 6.11. The van der Waals surface area contributed by atoms with Gasteiger partial charge in [-0.05, 0) is 23.1 Å². The Hall–Kier alpha value is -0.830. The van der Waals surface area contributed by atoms with Gasteiger partial charge < -0.3 is 5.73 Å². The number of nitrogen functional groups attached to an aromatic ring is 1. The van der Waals surface area contributed by atoms with Gasteiger partial charge in [-0.3, -0.25) is 4.21 Å². The van der Waals surface area contributed by atoms with Crippen LogP contribution in [0.3, 0.4) is 0 Å². The first-order valence-electron chi connectivity index (χ1n) is 4.56. The molecule has 1 atom stereocenters. The molecule has 3 heteroatoms. The van der Waals surface area contributed by atoms with E-state index in [1.165, 1.54) is 5.56 Å². The lowest BCUT2D eigenvalue weighted by atomic mass is 9.87. The molecule has 0 unspecified atom stereocenters. The zero-order valence-corrected chi connectivity index (χ0v) is 9.94. The van der Waals surface area contributed by atoms with E-state index < -0.39 is 10.8 Å². The molecular formula is C11H17NOS. The second-order valence-electron chi connectivity index (χ2n) is 4.46. The minimum Gasteiger partial charge on any atom is -0.398 e. The Morgan fingerprint density at radius 1 is 1.29 bits per heavy atom. The van der Waals surface area contributed by atoms with Gasteiger partial charge in [-0.15, -0.1) is 0 Å². The fourth-order valence-electron chi connectivity index (χ4n) is 1.28. The Morgan fingerprint density at radius 3 is 2.21 bits per heavy atom. The van der Waals surface area contributed by atoms with Crippen LogP contribution in [0.5, 0.6) is 0 Å². The van der Waals surface area contributed by atoms with Gasteiger partial charge in [-0.25, -0.2) is 0 Å². The molecule has 1 aromatic rings. The summed E-state index contributed by atoms with van der Waals surface area (Å²) in [6.07, 6.45) is 1.64. The molecule has 0 aliphatic carbocycles. The maximum absolute atomic E-state index is 11.3. The molecule has 14 heavy (non-hydrogen) atoms. The fourth-order valence-corrected chi connectivity index (χ4v) is 1.93. The first kappa shape index (κ1) is 11.2. The van der Waals surface area contributed by atoms with Crippen molar-refractivity contribution in [3.63, 3.8) is 0 Å². The quantitative estimate of drug-likeness (QED) is 0.724. The second kappa shape index (κ2) is 3.73. The molecule has 0 saturated carbocycles. The summed E-state index contributed by atoms with van der Waals surface area (Å²) >= 11 is 0. The summed E-state index contributed by atoms with van der Waals surface area (Å²) in [5, 5.41) is 0. The zero-order valence-electron chi connectivity index (χ0n) is 9.13. The van der Waals surface area contributed by atoms with Crippen molar-refractivity contribution >= 4 is 16.5 Å². The lowest BCUT2D eigenvalue weighted by Gasteiger charge is -2.19. The number of anilines is 1. The molecule has 1 rings (SSSR count). The predicted molar refractivity (Wildman–Crippen MR) is 61.9 cm³/mol. The minimum absolute atomic E-state index is 0.0852. The van der Waals surface area contributed by atoms with Crippen LogP contribution < -0.4 is 5.73 Å². The summed E-state index contributed by atoms with van der Waals surface area (Å²) in [4.78, 5) is 0.720. The normalized spacial score (nSPS) is 14.0. The number of hydrogen-bond donors (Lipinski definition) is 1. The minimum atomic E-state index is -1.00. The Kier molecular flexibility index (Phi) is 3.00. The van der Waals surface area contributed by atoms with Gasteiger partial charge in [0.05, 0.1) is 15.7 Å². The van der Waals surface area contributed by atoms with Crippen molar-refractivity contribution in [3.05, 3.63) is 23.8 Å². The SMILES string of the molecule is C[S@](=O)c1ccc(C(C)(C)C)cc1N. The second-order valence-corrected chi connectivity index (χ2v) is 5.80. The highest BCUT2D eigenvalue weighted by Gasteiger charge is 2.15. The highest BCUT2D eigenvalue weighted by atomic mass is 32.2. The third-order valence-electron chi connectivity index (χ3n) is 2.19. The van der Waals surface area contributed by atoms with Crippen LogP contribution >= 0.6 is 0 Å². The van der Waals surface area contributed by atoms with Crippen molar-refractivity contribution in [2.45, 2.75) is 31.1 Å². The van der Waals surface area contributed by atoms with Crippen molar-refractivity contribution in [2.24, 2.45) is 0 Å². The third-order valence-corrected chi connectivity index (χ3v) is 3.18. The maximum atomic E-state index is 11.3. The summed E-state index contributed by atoms with van der Waals surface area (Å²) in [5.41, 5.74) is 7.71. The van der Waals surface area contributed by atoms with E-state index in [0.29, 0.717) is 5.69 Å². The van der Waals surface area contributed by atoms with Crippen LogP contribution in [0.1, 0.15) is 26.3 Å². The Labute approximate surface area is 88.0 Å². The molecule has 2 N–H and O–H groups in total. The lowest BCUT2D eigenvalue weighted by molar-refractivity contribution is 0.590. The molecule has 0 fully saturated rings. The van der Waals surface area contributed by atoms with Crippen molar-refractivity contribution in [1.29, 1.82) is 0 Å². The fraction of sp³-hybridized carbons (Fsp3) is 0.455. The summed E-state index contributed by atoms with van der Waals surface area (Å²) < 4.78 is 11.3. The number of hydrogen-bond acceptors (Lipinski definition) is 2. The highest BCUT2D eigenvalue weighted by molar-refractivity contribution is 7.84. The molecule has 0 aliphatic rings. The monoisotopic (exact) mass is 211 g/mol. The van der Waals surface area contributed by atoms with Crippen LogP contribution in [-0.2, 0) is 16.2 Å². The Balaban J connectivity index is 3.20. The predicted octanol–water partition coefficient (Wildman–Crippen LogP) is 2.30. The molecular weight excluding hydrogens is 194 g/mol. The van der Waals surface area contributed by atoms with Crippen LogP contribution in [0.2, 0.25) is 0 Å². The smallest absolute Gasteiger partial charge is 0.0614 e. The Morgan fingerprint density at radius 2 is 1.86 bits per heavy atom. The number of benzene rings is 1. The summed E-state index contributed by atoms with van der Waals surface area (Å²) in [6.45, 7) is 6.39. The van der Waals surface area contributed by atoms with Crippen LogP contribution in [0, 0.1) is 0 Å². The molecule has 0 spiro atoms. The van der Waals surface area contributed by atoms with E-state index in [2.05, 4.69) is 20.8 Å². The van der Waals surface area contributed by atoms with Crippen LogP contribution in [-0.4, -0.2) is 10.5 Å². The maximum Gasteiger partial charge on any atom is 0.0614 e. The van der Waals surface area contributed by atoms with E-state index in [-0.39, 0.29) is 5.41 Å². The molecule has 0 aromatic heterocycles. The van der Waals surface area contributed by atoms with Crippen molar-refractivity contribution in [3.8, 4) is 0 Å². The van der Waals surface area contributed by atoms with Gasteiger partial charge in [0, 0.05) is 11.9 Å². The average molecular weight is 211 g/mol. The van der Waals surface area contributed by atoms with Gasteiger partial charge in [0.25, 0.3) is 0 Å². The van der Waals surface area contributed by atoms with E-state index in [4.69, 9.17) is 5.73 Å². The van der Waals surface area contributed by atoms with Gasteiger partial charge in [0.1, 0.15) is 0 Å². The van der Waals surface area contributed by atoms with Crippen LogP contribution in [0.25, 0.3) is 0 Å². The summed E-state index contributed by atoms with van der Waals surface area (Å²) in [5.74, 6) is 0. The standard InChI is InChI=1S/C11H17NOS/c1-11(2,3)8-5-6-10(14(4)13)9(12)7-8/h5-7H,12H2,1-4H3/t14-/m0/s1. The molecule has 2 nitrogen and oxygen atoms in total. The topological polar surface area (TPSA) is 43.1 Å². The average Bonchev–Trinajstić information content (AvgIpc) is 2.01. The molecule has 0 saturated heterocycles. The van der Waals surface area contributed by atoms with E-state index in [0.717, 1.165) is 4.90 Å². The van der Waals surface area contributed by atoms with E-state index in [1.807, 2.05) is 18.2 Å². The largest absolute Gasteiger partial charge is 0.398 e. The van der Waals surface area contributed by atoms with Gasteiger partial charge in [-0.2, -0.15) is 0 Å². The molecule has 0 heterocycles. The van der Waals surface area contributed by atoms with Crippen molar-refractivity contribution < 1.29 is 4.21 Å². The lowest BCUT2D eigenvalue weighted by Crippen LogP contribution is -2.12. The zero-order chi connectivity index (χ0) is 10.9. The molecule has 1 aromatic carbocycles. The summed E-state index contributed by atoms with van der Waals surface area (Å²) in [7, 11) is -1.00. The van der Waals surface area contributed by atoms with E-state index >= 15 is 0 Å². The van der Waals surface area contributed by atoms with Crippen LogP contribution in [0.4, 0.5) is 5.69 Å². The van der Waals surface area contributed by atoms with E-state index in [1.54, 1.807) is 6.26 Å². The van der Waals surface area contributed by atoms with Crippen molar-refractivity contribution in [1.82, 2.24) is 0 Å².